The van der Waals surface area contributed by atoms with E-state index in [0.717, 1.165) is 95.8 Å². The molecule has 0 spiro atoms. The number of esters is 4. The maximum Gasteiger partial charge on any atom is 0.472 e. The third-order valence-corrected chi connectivity index (χ3v) is 22.5. The van der Waals surface area contributed by atoms with E-state index in [4.69, 9.17) is 37.0 Å². The van der Waals surface area contributed by atoms with Gasteiger partial charge in [0.25, 0.3) is 0 Å². The van der Waals surface area contributed by atoms with Gasteiger partial charge < -0.3 is 33.8 Å². The van der Waals surface area contributed by atoms with Crippen molar-refractivity contribution in [1.29, 1.82) is 0 Å². The Morgan fingerprint density at radius 2 is 0.457 bits per heavy atom. The number of phosphoric acid groups is 2. The van der Waals surface area contributed by atoms with Gasteiger partial charge in [-0.15, -0.1) is 0 Å². The molecule has 0 aliphatic heterocycles. The summed E-state index contributed by atoms with van der Waals surface area (Å²) in [5.74, 6) is -1.23. The number of carbonyl (C=O) groups excluding carboxylic acids is 4. The van der Waals surface area contributed by atoms with Crippen LogP contribution >= 0.6 is 15.6 Å². The fraction of sp³-hybridized carbons (Fsp3) is 0.953. The molecule has 0 radical (unpaired) electrons. The molecule has 0 aliphatic rings. The molecular formula is C86H168O17P2. The van der Waals surface area contributed by atoms with E-state index >= 15 is 0 Å². The summed E-state index contributed by atoms with van der Waals surface area (Å²) in [6.45, 7) is 7.40. The average Bonchev–Trinajstić information content (AvgIpc) is 0.976. The number of hydrogen-bond donors (Lipinski definition) is 3. The van der Waals surface area contributed by atoms with Gasteiger partial charge in [0.1, 0.15) is 19.3 Å². The van der Waals surface area contributed by atoms with Gasteiger partial charge >= 0.3 is 39.5 Å². The molecule has 0 fully saturated rings. The first-order valence-corrected chi connectivity index (χ1v) is 47.7. The largest absolute Gasteiger partial charge is 0.472 e. The van der Waals surface area contributed by atoms with Crippen molar-refractivity contribution in [2.45, 2.75) is 483 Å². The van der Waals surface area contributed by atoms with Crippen molar-refractivity contribution in [3.63, 3.8) is 0 Å². The smallest absolute Gasteiger partial charge is 0.462 e. The molecule has 6 atom stereocenters. The zero-order valence-corrected chi connectivity index (χ0v) is 70.7. The van der Waals surface area contributed by atoms with E-state index in [9.17, 15) is 43.2 Å². The molecule has 3 unspecified atom stereocenters. The Balaban J connectivity index is 5.17. The van der Waals surface area contributed by atoms with Gasteiger partial charge in [-0.2, -0.15) is 0 Å². The zero-order valence-electron chi connectivity index (χ0n) is 68.9. The van der Waals surface area contributed by atoms with Gasteiger partial charge in [-0.1, -0.05) is 413 Å². The van der Waals surface area contributed by atoms with Crippen LogP contribution < -0.4 is 0 Å². The van der Waals surface area contributed by atoms with Crippen molar-refractivity contribution in [2.75, 3.05) is 39.6 Å². The lowest BCUT2D eigenvalue weighted by atomic mass is 9.99. The third kappa shape index (κ3) is 78.5. The minimum absolute atomic E-state index is 0.108. The maximum absolute atomic E-state index is 13.1. The van der Waals surface area contributed by atoms with E-state index in [0.29, 0.717) is 25.7 Å². The highest BCUT2D eigenvalue weighted by molar-refractivity contribution is 7.47. The molecule has 0 aromatic heterocycles. The molecule has 0 aromatic rings. The second-order valence-corrected chi connectivity index (χ2v) is 34.1. The summed E-state index contributed by atoms with van der Waals surface area (Å²) in [6.07, 6.45) is 72.4. The van der Waals surface area contributed by atoms with Crippen molar-refractivity contribution in [1.82, 2.24) is 0 Å². The molecule has 105 heavy (non-hydrogen) atoms. The van der Waals surface area contributed by atoms with E-state index in [-0.39, 0.29) is 25.7 Å². The predicted molar refractivity (Wildman–Crippen MR) is 432 cm³/mol. The second-order valence-electron chi connectivity index (χ2n) is 31.2. The number of carbonyl (C=O) groups is 4. The monoisotopic (exact) mass is 1540 g/mol. The predicted octanol–water partition coefficient (Wildman–Crippen LogP) is 26.4. The number of hydrogen-bond acceptors (Lipinski definition) is 15. The van der Waals surface area contributed by atoms with Crippen LogP contribution in [0.5, 0.6) is 0 Å². The molecule has 0 aromatic carbocycles. The quantitative estimate of drug-likeness (QED) is 0.0222. The van der Waals surface area contributed by atoms with Crippen LogP contribution in [0, 0.1) is 5.92 Å². The first-order valence-electron chi connectivity index (χ1n) is 44.7. The van der Waals surface area contributed by atoms with Gasteiger partial charge in [0.2, 0.25) is 0 Å². The Hall–Kier alpha value is -1.94. The molecule has 0 saturated carbocycles. The summed E-state index contributed by atoms with van der Waals surface area (Å²) < 4.78 is 68.8. The molecule has 0 heterocycles. The van der Waals surface area contributed by atoms with Crippen LogP contribution in [0.3, 0.4) is 0 Å². The highest BCUT2D eigenvalue weighted by Gasteiger charge is 2.30. The van der Waals surface area contributed by atoms with Crippen molar-refractivity contribution in [2.24, 2.45) is 5.92 Å². The van der Waals surface area contributed by atoms with Gasteiger partial charge in [-0.05, 0) is 31.6 Å². The lowest BCUT2D eigenvalue weighted by molar-refractivity contribution is -0.161. The van der Waals surface area contributed by atoms with Gasteiger partial charge in [0, 0.05) is 25.7 Å². The summed E-state index contributed by atoms with van der Waals surface area (Å²) in [5, 5.41) is 10.7. The molecule has 0 amide bonds. The van der Waals surface area contributed by atoms with Gasteiger partial charge in [0.05, 0.1) is 26.4 Å². The molecule has 0 rings (SSSR count). The van der Waals surface area contributed by atoms with E-state index in [1.807, 2.05) is 0 Å². The Kier molecular flexibility index (Phi) is 77.3. The Labute approximate surface area is 645 Å². The van der Waals surface area contributed by atoms with Crippen molar-refractivity contribution < 1.29 is 80.2 Å². The molecule has 19 heteroatoms. The fourth-order valence-electron chi connectivity index (χ4n) is 13.4. The maximum atomic E-state index is 13.1. The zero-order chi connectivity index (χ0) is 76.9. The molecule has 17 nitrogen and oxygen atoms in total. The van der Waals surface area contributed by atoms with Gasteiger partial charge in [0.15, 0.2) is 12.2 Å². The van der Waals surface area contributed by atoms with Gasteiger partial charge in [-0.3, -0.25) is 37.3 Å². The van der Waals surface area contributed by atoms with Crippen molar-refractivity contribution in [3.8, 4) is 0 Å². The third-order valence-electron chi connectivity index (χ3n) is 20.6. The summed E-state index contributed by atoms with van der Waals surface area (Å²) in [6, 6.07) is 0. The number of rotatable bonds is 86. The highest BCUT2D eigenvalue weighted by atomic mass is 31.2. The van der Waals surface area contributed by atoms with Crippen LogP contribution in [0.4, 0.5) is 0 Å². The number of unbranched alkanes of at least 4 members (excludes halogenated alkanes) is 57. The Bertz CT molecular complexity index is 2000. The lowest BCUT2D eigenvalue weighted by Gasteiger charge is -2.21. The normalized spacial score (nSPS) is 14.0. The fourth-order valence-corrected chi connectivity index (χ4v) is 15.0. The molecule has 3 N–H and O–H groups in total. The van der Waals surface area contributed by atoms with Crippen LogP contribution in [-0.4, -0.2) is 96.7 Å². The molecule has 0 saturated heterocycles. The molecule has 0 bridgehead atoms. The van der Waals surface area contributed by atoms with Gasteiger partial charge in [-0.25, -0.2) is 9.13 Å². The summed E-state index contributed by atoms with van der Waals surface area (Å²) in [5.41, 5.74) is 0. The minimum Gasteiger partial charge on any atom is -0.462 e. The van der Waals surface area contributed by atoms with Crippen molar-refractivity contribution >= 4 is 39.5 Å². The summed E-state index contributed by atoms with van der Waals surface area (Å²) in [7, 11) is -9.92. The van der Waals surface area contributed by atoms with E-state index < -0.39 is 97.5 Å². The van der Waals surface area contributed by atoms with Crippen LogP contribution in [-0.2, 0) is 65.4 Å². The average molecular weight is 1540 g/mol. The molecular weight excluding hydrogens is 1370 g/mol. The topological polar surface area (TPSA) is 237 Å². The van der Waals surface area contributed by atoms with Crippen LogP contribution in [0.15, 0.2) is 0 Å². The van der Waals surface area contributed by atoms with E-state index in [1.165, 1.54) is 289 Å². The highest BCUT2D eigenvalue weighted by Crippen LogP contribution is 2.45. The first kappa shape index (κ1) is 103. The SMILES string of the molecule is CCCCCCCCCCCCCCCCCCCCCCCCC(=O)OC[C@H](COP(=O)(O)OC[C@@H](O)COP(=O)(O)OC[C@@H](COC(=O)CCCCCCCCCCC)OC(=O)CCCCCCCCCCCCCC)OC(=O)CCCCCCCCCCCCCCCCCCCCC(C)CC. The lowest BCUT2D eigenvalue weighted by Crippen LogP contribution is -2.30. The molecule has 624 valence electrons. The van der Waals surface area contributed by atoms with E-state index in [1.54, 1.807) is 0 Å². The second kappa shape index (κ2) is 78.7. The first-order chi connectivity index (χ1) is 51.1. The number of ether oxygens (including phenoxy) is 4. The number of aliphatic hydroxyl groups excluding tert-OH is 1. The standard InChI is InChI=1S/C86H168O17P2/c1-6-10-13-16-19-22-24-26-27-28-29-30-31-32-36-39-42-46-50-55-60-65-70-84(89)97-76-82(103-86(91)72-67-62-57-52-47-43-40-37-34-33-35-38-41-44-49-53-58-63-68-79(5)9-4)78-101-105(94,95)99-74-80(87)73-98-104(92,93)100-77-81(75-96-83(88)69-64-59-54-48-21-18-15-12-8-3)102-85(90)71-66-61-56-51-45-25-23-20-17-14-11-7-2/h79-82,87H,6-78H2,1-5H3,(H,92,93)(H,94,95)/t79?,80-,81+,82+/m0/s1. The van der Waals surface area contributed by atoms with Crippen LogP contribution in [0.2, 0.25) is 0 Å². The summed E-state index contributed by atoms with van der Waals surface area (Å²) in [4.78, 5) is 73.1. The van der Waals surface area contributed by atoms with Crippen LogP contribution in [0.25, 0.3) is 0 Å². The molecule has 0 aliphatic carbocycles. The Morgan fingerprint density at radius 3 is 0.676 bits per heavy atom. The number of phosphoric ester groups is 2. The van der Waals surface area contributed by atoms with E-state index in [2.05, 4.69) is 34.6 Å². The van der Waals surface area contributed by atoms with Crippen LogP contribution in [0.1, 0.15) is 465 Å². The summed E-state index contributed by atoms with van der Waals surface area (Å²) >= 11 is 0. The minimum atomic E-state index is -4.96. The van der Waals surface area contributed by atoms with Crippen molar-refractivity contribution in [3.05, 3.63) is 0 Å². The Morgan fingerprint density at radius 1 is 0.267 bits per heavy atom. The number of aliphatic hydroxyl groups is 1.